The Bertz CT molecular complexity index is 1040. The van der Waals surface area contributed by atoms with Crippen molar-refractivity contribution in [2.75, 3.05) is 36.1 Å². The van der Waals surface area contributed by atoms with E-state index in [0.717, 1.165) is 5.69 Å². The predicted octanol–water partition coefficient (Wildman–Crippen LogP) is 2.46. The summed E-state index contributed by atoms with van der Waals surface area (Å²) in [6, 6.07) is 13.8. The summed E-state index contributed by atoms with van der Waals surface area (Å²) in [6.45, 7) is 1.28. The molecule has 2 amide bonds. The fourth-order valence-electron chi connectivity index (χ4n) is 4.34. The zero-order valence-electron chi connectivity index (χ0n) is 16.7. The maximum Gasteiger partial charge on any atom is 0.414 e. The number of carbonyl (C=O) groups excluding carboxylic acids is 4. The lowest BCUT2D eigenvalue weighted by Crippen LogP contribution is -2.41. The topological polar surface area (TPSA) is 93.2 Å². The van der Waals surface area contributed by atoms with Crippen LogP contribution in [0.2, 0.25) is 0 Å². The van der Waals surface area contributed by atoms with Crippen molar-refractivity contribution in [1.29, 1.82) is 0 Å². The van der Waals surface area contributed by atoms with Crippen LogP contribution in [0.4, 0.5) is 16.2 Å². The maximum absolute atomic E-state index is 12.6. The Labute approximate surface area is 178 Å². The van der Waals surface area contributed by atoms with Gasteiger partial charge >= 0.3 is 6.09 Å². The van der Waals surface area contributed by atoms with Crippen LogP contribution in [0.25, 0.3) is 0 Å². The summed E-state index contributed by atoms with van der Waals surface area (Å²) in [7, 11) is 0. The molecule has 1 atom stereocenters. The number of anilines is 2. The molecule has 0 saturated carbocycles. The first kappa shape index (κ1) is 19.4. The Morgan fingerprint density at radius 3 is 2.06 bits per heavy atom. The smallest absolute Gasteiger partial charge is 0.414 e. The van der Waals surface area contributed by atoms with Crippen LogP contribution in [-0.2, 0) is 14.3 Å². The van der Waals surface area contributed by atoms with Gasteiger partial charge in [0.25, 0.3) is 5.91 Å². The largest absolute Gasteiger partial charge is 0.444 e. The lowest BCUT2D eigenvalue weighted by atomic mass is 9.96. The van der Waals surface area contributed by atoms with E-state index in [0.29, 0.717) is 30.0 Å². The number of amides is 2. The van der Waals surface area contributed by atoms with Gasteiger partial charge in [-0.2, -0.15) is 0 Å². The Morgan fingerprint density at radius 1 is 0.839 bits per heavy atom. The summed E-state index contributed by atoms with van der Waals surface area (Å²) >= 11 is 0. The number of ether oxygens (including phenoxy) is 2. The molecule has 158 valence electrons. The molecule has 0 spiro atoms. The van der Waals surface area contributed by atoms with Crippen molar-refractivity contribution in [2.24, 2.45) is 5.92 Å². The van der Waals surface area contributed by atoms with Crippen LogP contribution in [0, 0.1) is 5.92 Å². The zero-order valence-corrected chi connectivity index (χ0v) is 16.7. The second-order valence-electron chi connectivity index (χ2n) is 7.79. The molecule has 2 fully saturated rings. The molecule has 0 aromatic heterocycles. The second kappa shape index (κ2) is 7.63. The Morgan fingerprint density at radius 2 is 1.45 bits per heavy atom. The average molecular weight is 420 g/mol. The maximum atomic E-state index is 12.6. The van der Waals surface area contributed by atoms with E-state index in [4.69, 9.17) is 9.47 Å². The molecule has 0 unspecified atom stereocenters. The first-order chi connectivity index (χ1) is 15.0. The van der Waals surface area contributed by atoms with Gasteiger partial charge < -0.3 is 14.4 Å². The molecule has 2 heterocycles. The molecule has 8 heteroatoms. The van der Waals surface area contributed by atoms with Crippen molar-refractivity contribution in [1.82, 2.24) is 0 Å². The average Bonchev–Trinajstić information content (AvgIpc) is 3.27. The first-order valence-corrected chi connectivity index (χ1v) is 10.2. The molecule has 3 aliphatic rings. The number of fused-ring (bicyclic) bond motifs is 1. The molecule has 8 nitrogen and oxygen atoms in total. The molecule has 5 rings (SSSR count). The van der Waals surface area contributed by atoms with Gasteiger partial charge in [0.05, 0.1) is 19.1 Å². The highest BCUT2D eigenvalue weighted by atomic mass is 16.6. The van der Waals surface area contributed by atoms with Gasteiger partial charge in [-0.25, -0.2) is 4.79 Å². The van der Waals surface area contributed by atoms with Crippen LogP contribution in [-0.4, -0.2) is 56.0 Å². The van der Waals surface area contributed by atoms with Crippen molar-refractivity contribution in [3.8, 4) is 0 Å². The third-order valence-corrected chi connectivity index (χ3v) is 5.92. The third kappa shape index (κ3) is 3.38. The monoisotopic (exact) mass is 420 g/mol. The van der Waals surface area contributed by atoms with Gasteiger partial charge in [-0.05, 0) is 24.3 Å². The number of carbonyl (C=O) groups is 4. The lowest BCUT2D eigenvalue weighted by Gasteiger charge is -2.27. The number of benzene rings is 2. The van der Waals surface area contributed by atoms with Gasteiger partial charge in [0.2, 0.25) is 0 Å². The lowest BCUT2D eigenvalue weighted by molar-refractivity contribution is -0.125. The van der Waals surface area contributed by atoms with Gasteiger partial charge in [-0.3, -0.25) is 19.3 Å². The predicted molar refractivity (Wildman–Crippen MR) is 110 cm³/mol. The summed E-state index contributed by atoms with van der Waals surface area (Å²) in [5.74, 6) is -1.35. The minimum Gasteiger partial charge on any atom is -0.444 e. The molecule has 31 heavy (non-hydrogen) atoms. The van der Waals surface area contributed by atoms with E-state index in [1.165, 1.54) is 4.90 Å². The molecular weight excluding hydrogens is 400 g/mol. The van der Waals surface area contributed by atoms with E-state index in [9.17, 15) is 19.2 Å². The number of ketones is 2. The highest BCUT2D eigenvalue weighted by Gasteiger charge is 2.43. The van der Waals surface area contributed by atoms with Crippen LogP contribution >= 0.6 is 0 Å². The van der Waals surface area contributed by atoms with Crippen molar-refractivity contribution in [3.05, 3.63) is 59.7 Å². The SMILES string of the molecule is O=C1c2ccccc2C(=O)C1C[C@H]1CN(c2ccc(N3CCOCC3=O)cc2)C(=O)O1. The van der Waals surface area contributed by atoms with Crippen molar-refractivity contribution in [3.63, 3.8) is 0 Å². The number of rotatable bonds is 4. The summed E-state index contributed by atoms with van der Waals surface area (Å²) in [5.41, 5.74) is 2.24. The number of cyclic esters (lactones) is 1. The van der Waals surface area contributed by atoms with Gasteiger partial charge in [0.1, 0.15) is 12.7 Å². The van der Waals surface area contributed by atoms with Crippen molar-refractivity contribution in [2.45, 2.75) is 12.5 Å². The van der Waals surface area contributed by atoms with Crippen LogP contribution < -0.4 is 9.80 Å². The molecule has 2 aromatic carbocycles. The van der Waals surface area contributed by atoms with Gasteiger partial charge in [-0.1, -0.05) is 24.3 Å². The first-order valence-electron chi connectivity index (χ1n) is 10.2. The highest BCUT2D eigenvalue weighted by Crippen LogP contribution is 2.33. The third-order valence-electron chi connectivity index (χ3n) is 5.92. The summed E-state index contributed by atoms with van der Waals surface area (Å²) in [6.07, 6.45) is -0.912. The van der Waals surface area contributed by atoms with Crippen LogP contribution in [0.15, 0.2) is 48.5 Å². The molecule has 2 aromatic rings. The Balaban J connectivity index is 1.27. The minimum absolute atomic E-state index is 0.0599. The molecule has 0 N–H and O–H groups in total. The number of hydrogen-bond donors (Lipinski definition) is 0. The highest BCUT2D eigenvalue weighted by molar-refractivity contribution is 6.26. The van der Waals surface area contributed by atoms with E-state index < -0.39 is 18.1 Å². The fourth-order valence-corrected chi connectivity index (χ4v) is 4.34. The van der Waals surface area contributed by atoms with Crippen LogP contribution in [0.1, 0.15) is 27.1 Å². The quantitative estimate of drug-likeness (QED) is 0.706. The summed E-state index contributed by atoms with van der Waals surface area (Å²) in [5, 5.41) is 0. The number of hydrogen-bond acceptors (Lipinski definition) is 6. The van der Waals surface area contributed by atoms with E-state index in [1.54, 1.807) is 53.4 Å². The van der Waals surface area contributed by atoms with Crippen LogP contribution in [0.3, 0.4) is 0 Å². The number of morpholine rings is 1. The Hall–Kier alpha value is -3.52. The number of Topliss-reactive ketones (excluding diaryl/α,β-unsaturated/α-hetero) is 2. The van der Waals surface area contributed by atoms with Gasteiger partial charge in [0, 0.05) is 35.5 Å². The molecule has 1 aliphatic carbocycles. The second-order valence-corrected chi connectivity index (χ2v) is 7.79. The van der Waals surface area contributed by atoms with E-state index in [2.05, 4.69) is 0 Å². The molecule has 0 radical (unpaired) electrons. The van der Waals surface area contributed by atoms with Crippen LogP contribution in [0.5, 0.6) is 0 Å². The normalized spacial score (nSPS) is 21.6. The molecule has 2 saturated heterocycles. The fraction of sp³-hybridized carbons (Fsp3) is 0.304. The van der Waals surface area contributed by atoms with E-state index >= 15 is 0 Å². The number of nitrogens with zero attached hydrogens (tertiary/aromatic N) is 2. The van der Waals surface area contributed by atoms with Crippen molar-refractivity contribution >= 4 is 34.9 Å². The van der Waals surface area contributed by atoms with E-state index in [1.807, 2.05) is 0 Å². The Kier molecular flexibility index (Phi) is 4.78. The minimum atomic E-state index is -0.815. The van der Waals surface area contributed by atoms with Crippen molar-refractivity contribution < 1.29 is 28.7 Å². The van der Waals surface area contributed by atoms with E-state index in [-0.39, 0.29) is 37.0 Å². The zero-order chi connectivity index (χ0) is 21.5. The molecule has 0 bridgehead atoms. The summed E-state index contributed by atoms with van der Waals surface area (Å²) < 4.78 is 10.6. The van der Waals surface area contributed by atoms with Gasteiger partial charge in [-0.15, -0.1) is 0 Å². The standard InChI is InChI=1S/C23H20N2O6/c26-20-13-30-10-9-24(20)14-5-7-15(8-6-14)25-12-16(31-23(25)29)11-19-21(27)17-3-1-2-4-18(17)22(19)28/h1-8,16,19H,9-13H2/t16-/m0/s1. The summed E-state index contributed by atoms with van der Waals surface area (Å²) in [4.78, 5) is 52.8. The molecular formula is C23H20N2O6. The van der Waals surface area contributed by atoms with Gasteiger partial charge in [0.15, 0.2) is 11.6 Å². The molecule has 2 aliphatic heterocycles.